The predicted molar refractivity (Wildman–Crippen MR) is 95.2 cm³/mol. The SMILES string of the molecule is O=C1NC(Cc2ccc(C(F)(F)F)cc2)C(c2cccc3ccccc23)O1. The van der Waals surface area contributed by atoms with E-state index in [1.807, 2.05) is 42.5 Å². The van der Waals surface area contributed by atoms with Crippen LogP contribution in [0.25, 0.3) is 10.8 Å². The smallest absolute Gasteiger partial charge is 0.416 e. The van der Waals surface area contributed by atoms with Crippen LogP contribution >= 0.6 is 0 Å². The fourth-order valence-corrected chi connectivity index (χ4v) is 3.48. The summed E-state index contributed by atoms with van der Waals surface area (Å²) in [6.45, 7) is 0. The van der Waals surface area contributed by atoms with Crippen LogP contribution in [0.4, 0.5) is 18.0 Å². The summed E-state index contributed by atoms with van der Waals surface area (Å²) in [6, 6.07) is 18.2. The second kappa shape index (κ2) is 6.61. The van der Waals surface area contributed by atoms with Gasteiger partial charge in [0.25, 0.3) is 0 Å². The molecule has 0 saturated carbocycles. The topological polar surface area (TPSA) is 38.3 Å². The molecule has 0 aromatic heterocycles. The summed E-state index contributed by atoms with van der Waals surface area (Å²) in [4.78, 5) is 11.9. The number of fused-ring (bicyclic) bond motifs is 1. The first kappa shape index (κ1) is 17.4. The number of rotatable bonds is 3. The maximum absolute atomic E-state index is 12.7. The Kier molecular flexibility index (Phi) is 4.26. The third-order valence-electron chi connectivity index (χ3n) is 4.77. The molecule has 0 aliphatic carbocycles. The van der Waals surface area contributed by atoms with Gasteiger partial charge < -0.3 is 10.1 Å². The van der Waals surface area contributed by atoms with E-state index in [1.54, 1.807) is 0 Å². The number of ether oxygens (including phenoxy) is 1. The van der Waals surface area contributed by atoms with E-state index in [4.69, 9.17) is 4.74 Å². The van der Waals surface area contributed by atoms with E-state index in [0.717, 1.165) is 28.5 Å². The van der Waals surface area contributed by atoms with Gasteiger partial charge in [-0.3, -0.25) is 0 Å². The first-order chi connectivity index (χ1) is 12.9. The molecule has 2 atom stereocenters. The first-order valence-corrected chi connectivity index (χ1v) is 8.53. The average Bonchev–Trinajstić information content (AvgIpc) is 3.01. The molecule has 1 aliphatic heterocycles. The number of benzene rings is 3. The van der Waals surface area contributed by atoms with Crippen LogP contribution in [0.1, 0.15) is 22.8 Å². The third kappa shape index (κ3) is 3.47. The van der Waals surface area contributed by atoms with Crippen molar-refractivity contribution < 1.29 is 22.7 Å². The molecule has 1 fully saturated rings. The lowest BCUT2D eigenvalue weighted by Gasteiger charge is -2.19. The van der Waals surface area contributed by atoms with Gasteiger partial charge in [-0.15, -0.1) is 0 Å². The van der Waals surface area contributed by atoms with E-state index in [1.165, 1.54) is 12.1 Å². The van der Waals surface area contributed by atoms with Gasteiger partial charge in [-0.2, -0.15) is 13.2 Å². The molecule has 0 spiro atoms. The Balaban J connectivity index is 1.63. The van der Waals surface area contributed by atoms with Crippen LogP contribution in [0.15, 0.2) is 66.7 Å². The van der Waals surface area contributed by atoms with Gasteiger partial charge in [-0.1, -0.05) is 54.6 Å². The largest absolute Gasteiger partial charge is 0.439 e. The van der Waals surface area contributed by atoms with Crippen LogP contribution in [-0.4, -0.2) is 12.1 Å². The van der Waals surface area contributed by atoms with Gasteiger partial charge in [0.2, 0.25) is 0 Å². The highest BCUT2D eigenvalue weighted by atomic mass is 19.4. The minimum absolute atomic E-state index is 0.361. The molecule has 27 heavy (non-hydrogen) atoms. The number of cyclic esters (lactones) is 1. The van der Waals surface area contributed by atoms with Gasteiger partial charge in [0.1, 0.15) is 6.10 Å². The van der Waals surface area contributed by atoms with Gasteiger partial charge in [0, 0.05) is 5.56 Å². The third-order valence-corrected chi connectivity index (χ3v) is 4.77. The second-order valence-electron chi connectivity index (χ2n) is 6.54. The van der Waals surface area contributed by atoms with Crippen molar-refractivity contribution in [2.45, 2.75) is 24.7 Å². The van der Waals surface area contributed by atoms with E-state index in [2.05, 4.69) is 5.32 Å². The monoisotopic (exact) mass is 371 g/mol. The molecule has 0 radical (unpaired) electrons. The highest BCUT2D eigenvalue weighted by Crippen LogP contribution is 2.34. The molecule has 0 bridgehead atoms. The Bertz CT molecular complexity index is 977. The van der Waals surface area contributed by atoms with Crippen LogP contribution < -0.4 is 5.32 Å². The van der Waals surface area contributed by atoms with E-state index in [9.17, 15) is 18.0 Å². The fraction of sp³-hybridized carbons (Fsp3) is 0.190. The number of amides is 1. The highest BCUT2D eigenvalue weighted by Gasteiger charge is 2.36. The summed E-state index contributed by atoms with van der Waals surface area (Å²) < 4.78 is 43.7. The fourth-order valence-electron chi connectivity index (χ4n) is 3.48. The molecule has 4 rings (SSSR count). The van der Waals surface area contributed by atoms with E-state index >= 15 is 0 Å². The van der Waals surface area contributed by atoms with E-state index in [-0.39, 0.29) is 6.04 Å². The van der Waals surface area contributed by atoms with Crippen LogP contribution in [0.2, 0.25) is 0 Å². The lowest BCUT2D eigenvalue weighted by molar-refractivity contribution is -0.137. The minimum Gasteiger partial charge on any atom is -0.439 e. The average molecular weight is 371 g/mol. The Hall–Kier alpha value is -3.02. The van der Waals surface area contributed by atoms with Crippen molar-refractivity contribution in [3.8, 4) is 0 Å². The molecule has 1 N–H and O–H groups in total. The van der Waals surface area contributed by atoms with Crippen LogP contribution in [0.3, 0.4) is 0 Å². The maximum Gasteiger partial charge on any atom is 0.416 e. The number of carbonyl (C=O) groups excluding carboxylic acids is 1. The zero-order valence-electron chi connectivity index (χ0n) is 14.2. The van der Waals surface area contributed by atoms with Crippen molar-refractivity contribution in [2.75, 3.05) is 0 Å². The summed E-state index contributed by atoms with van der Waals surface area (Å²) in [6.07, 6.45) is -5.03. The standard InChI is InChI=1S/C21H16F3NO2/c22-21(23,24)15-10-8-13(9-11-15)12-18-19(27-20(26)25-18)17-7-3-5-14-4-1-2-6-16(14)17/h1-11,18-19H,12H2,(H,25,26). The van der Waals surface area contributed by atoms with Crippen LogP contribution in [0.5, 0.6) is 0 Å². The Morgan fingerprint density at radius 2 is 1.63 bits per heavy atom. The number of alkyl carbamates (subject to hydrolysis) is 1. The van der Waals surface area contributed by atoms with E-state index < -0.39 is 23.9 Å². The normalized spacial score (nSPS) is 19.7. The minimum atomic E-state index is -4.37. The molecule has 2 unspecified atom stereocenters. The van der Waals surface area contributed by atoms with Crippen molar-refractivity contribution in [3.05, 3.63) is 83.4 Å². The summed E-state index contributed by atoms with van der Waals surface area (Å²) >= 11 is 0. The Morgan fingerprint density at radius 3 is 2.37 bits per heavy atom. The molecule has 6 heteroatoms. The maximum atomic E-state index is 12.7. The molecule has 3 aromatic carbocycles. The van der Waals surface area contributed by atoms with Gasteiger partial charge in [-0.05, 0) is 34.9 Å². The lowest BCUT2D eigenvalue weighted by atomic mass is 9.93. The zero-order valence-corrected chi connectivity index (χ0v) is 14.2. The summed E-state index contributed by atoms with van der Waals surface area (Å²) in [5, 5.41) is 4.80. The lowest BCUT2D eigenvalue weighted by Crippen LogP contribution is -2.30. The summed E-state index contributed by atoms with van der Waals surface area (Å²) in [5.74, 6) is 0. The van der Waals surface area contributed by atoms with Crippen molar-refractivity contribution in [2.24, 2.45) is 0 Å². The van der Waals surface area contributed by atoms with Gasteiger partial charge >= 0.3 is 12.3 Å². The number of nitrogens with one attached hydrogen (secondary N) is 1. The summed E-state index contributed by atoms with van der Waals surface area (Å²) in [7, 11) is 0. The predicted octanol–water partition coefficient (Wildman–Crippen LogP) is 5.25. The van der Waals surface area contributed by atoms with Crippen molar-refractivity contribution in [1.82, 2.24) is 5.32 Å². The number of carbonyl (C=O) groups is 1. The van der Waals surface area contributed by atoms with Crippen molar-refractivity contribution in [3.63, 3.8) is 0 Å². The van der Waals surface area contributed by atoms with Crippen LogP contribution in [-0.2, 0) is 17.3 Å². The highest BCUT2D eigenvalue weighted by molar-refractivity contribution is 5.86. The molecule has 138 valence electrons. The molecule has 3 nitrogen and oxygen atoms in total. The Labute approximate surface area is 153 Å². The molecular weight excluding hydrogens is 355 g/mol. The number of alkyl halides is 3. The molecule has 1 heterocycles. The number of hydrogen-bond acceptors (Lipinski definition) is 2. The Morgan fingerprint density at radius 1 is 0.926 bits per heavy atom. The molecule has 1 amide bonds. The van der Waals surface area contributed by atoms with Crippen LogP contribution in [0, 0.1) is 0 Å². The summed E-state index contributed by atoms with van der Waals surface area (Å²) in [5.41, 5.74) is 0.885. The number of hydrogen-bond donors (Lipinski definition) is 1. The second-order valence-corrected chi connectivity index (χ2v) is 6.54. The molecule has 1 aliphatic rings. The first-order valence-electron chi connectivity index (χ1n) is 8.53. The molecule has 1 saturated heterocycles. The van der Waals surface area contributed by atoms with Gasteiger partial charge in [0.15, 0.2) is 0 Å². The molecular formula is C21H16F3NO2. The van der Waals surface area contributed by atoms with Gasteiger partial charge in [-0.25, -0.2) is 4.79 Å². The van der Waals surface area contributed by atoms with Gasteiger partial charge in [0.05, 0.1) is 11.6 Å². The molecule has 3 aromatic rings. The number of halogens is 3. The van der Waals surface area contributed by atoms with Crippen molar-refractivity contribution >= 4 is 16.9 Å². The van der Waals surface area contributed by atoms with E-state index in [0.29, 0.717) is 12.0 Å². The zero-order chi connectivity index (χ0) is 19.0. The quantitative estimate of drug-likeness (QED) is 0.683. The van der Waals surface area contributed by atoms with Crippen molar-refractivity contribution in [1.29, 1.82) is 0 Å².